The maximum atomic E-state index is 10.9. The van der Waals surface area contributed by atoms with Gasteiger partial charge in [0.05, 0.1) is 22.2 Å². The fourth-order valence-corrected chi connectivity index (χ4v) is 3.68. The standard InChI is InChI=1S/C26H28N2O2/c1-25(2,3)19-13-9-15-7-11-17(29)21(23(15)27-19)22-18(30)12-8-16-10-14-20(26(4,5)6)28-24(16)22/h7-14,29-30H,1-6H3. The zero-order valence-corrected chi connectivity index (χ0v) is 18.4. The minimum absolute atomic E-state index is 0.0758. The molecule has 0 radical (unpaired) electrons. The zero-order valence-electron chi connectivity index (χ0n) is 18.4. The number of hydrogen-bond donors (Lipinski definition) is 2. The third-order valence-corrected chi connectivity index (χ3v) is 5.47. The smallest absolute Gasteiger partial charge is 0.125 e. The number of aromatic nitrogens is 2. The highest BCUT2D eigenvalue weighted by molar-refractivity contribution is 6.07. The molecule has 2 N–H and O–H groups in total. The predicted octanol–water partition coefficient (Wildman–Crippen LogP) is 6.46. The number of benzene rings is 2. The first-order valence-corrected chi connectivity index (χ1v) is 10.2. The number of phenolic OH excluding ortho intramolecular Hbond substituents is 2. The molecule has 0 saturated carbocycles. The minimum atomic E-state index is -0.143. The second kappa shape index (κ2) is 6.69. The summed E-state index contributed by atoms with van der Waals surface area (Å²) in [7, 11) is 0. The van der Waals surface area contributed by atoms with Gasteiger partial charge in [-0.25, -0.2) is 0 Å². The van der Waals surface area contributed by atoms with E-state index in [1.807, 2.05) is 36.4 Å². The monoisotopic (exact) mass is 400 g/mol. The summed E-state index contributed by atoms with van der Waals surface area (Å²) in [5.41, 5.74) is 3.90. The van der Waals surface area contributed by atoms with Crippen LogP contribution in [0.3, 0.4) is 0 Å². The molecule has 30 heavy (non-hydrogen) atoms. The molecule has 0 unspecified atom stereocenters. The van der Waals surface area contributed by atoms with Crippen molar-refractivity contribution in [2.75, 3.05) is 0 Å². The molecule has 0 amide bonds. The van der Waals surface area contributed by atoms with E-state index in [4.69, 9.17) is 9.97 Å². The van der Waals surface area contributed by atoms with E-state index >= 15 is 0 Å². The van der Waals surface area contributed by atoms with Crippen LogP contribution in [0.1, 0.15) is 52.9 Å². The van der Waals surface area contributed by atoms with Crippen LogP contribution < -0.4 is 0 Å². The van der Waals surface area contributed by atoms with Gasteiger partial charge in [0.15, 0.2) is 0 Å². The molecule has 0 spiro atoms. The van der Waals surface area contributed by atoms with Crippen LogP contribution in [0.4, 0.5) is 0 Å². The van der Waals surface area contributed by atoms with Crippen molar-refractivity contribution in [3.8, 4) is 22.6 Å². The molecule has 0 aliphatic heterocycles. The van der Waals surface area contributed by atoms with Crippen LogP contribution in [0, 0.1) is 0 Å². The summed E-state index contributed by atoms with van der Waals surface area (Å²) < 4.78 is 0. The number of phenols is 2. The summed E-state index contributed by atoms with van der Waals surface area (Å²) in [5, 5.41) is 23.6. The Kier molecular flexibility index (Phi) is 4.50. The van der Waals surface area contributed by atoms with Gasteiger partial charge in [-0.05, 0) is 36.4 Å². The first kappa shape index (κ1) is 20.1. The van der Waals surface area contributed by atoms with Gasteiger partial charge in [-0.2, -0.15) is 0 Å². The molecule has 2 aromatic heterocycles. The van der Waals surface area contributed by atoms with E-state index in [1.165, 1.54) is 0 Å². The summed E-state index contributed by atoms with van der Waals surface area (Å²) in [6.07, 6.45) is 0. The zero-order chi connectivity index (χ0) is 21.8. The minimum Gasteiger partial charge on any atom is -0.507 e. The van der Waals surface area contributed by atoms with Crippen molar-refractivity contribution in [2.45, 2.75) is 52.4 Å². The third-order valence-electron chi connectivity index (χ3n) is 5.47. The van der Waals surface area contributed by atoms with E-state index < -0.39 is 0 Å². The van der Waals surface area contributed by atoms with Crippen LogP contribution in [-0.4, -0.2) is 20.2 Å². The van der Waals surface area contributed by atoms with E-state index in [-0.39, 0.29) is 22.3 Å². The topological polar surface area (TPSA) is 66.2 Å². The van der Waals surface area contributed by atoms with E-state index in [9.17, 15) is 10.2 Å². The van der Waals surface area contributed by atoms with Gasteiger partial charge in [0.2, 0.25) is 0 Å². The van der Waals surface area contributed by atoms with Gasteiger partial charge in [0.1, 0.15) is 11.5 Å². The maximum absolute atomic E-state index is 10.9. The summed E-state index contributed by atoms with van der Waals surface area (Å²) in [6.45, 7) is 12.6. The lowest BCUT2D eigenvalue weighted by molar-refractivity contribution is 0.470. The maximum Gasteiger partial charge on any atom is 0.125 e. The van der Waals surface area contributed by atoms with E-state index in [2.05, 4.69) is 41.5 Å². The molecule has 2 heterocycles. The molecule has 0 fully saturated rings. The number of fused-ring (bicyclic) bond motifs is 2. The molecule has 0 bridgehead atoms. The van der Waals surface area contributed by atoms with Gasteiger partial charge >= 0.3 is 0 Å². The van der Waals surface area contributed by atoms with Crippen LogP contribution in [0.5, 0.6) is 11.5 Å². The van der Waals surface area contributed by atoms with Gasteiger partial charge in [-0.15, -0.1) is 0 Å². The summed E-state index contributed by atoms with van der Waals surface area (Å²) >= 11 is 0. The molecule has 4 aromatic rings. The van der Waals surface area contributed by atoms with E-state index in [0.29, 0.717) is 22.2 Å². The van der Waals surface area contributed by atoms with Gasteiger partial charge < -0.3 is 10.2 Å². The Morgan fingerprint density at radius 2 is 0.867 bits per heavy atom. The Labute approximate surface area is 177 Å². The average molecular weight is 401 g/mol. The number of aromatic hydroxyl groups is 2. The molecular formula is C26H28N2O2. The van der Waals surface area contributed by atoms with Crippen LogP contribution in [0.2, 0.25) is 0 Å². The van der Waals surface area contributed by atoms with Crippen LogP contribution in [0.25, 0.3) is 32.9 Å². The Hall–Kier alpha value is -3.14. The molecule has 0 saturated heterocycles. The van der Waals surface area contributed by atoms with Crippen molar-refractivity contribution in [2.24, 2.45) is 0 Å². The fraction of sp³-hybridized carbons (Fsp3) is 0.308. The number of nitrogens with zero attached hydrogens (tertiary/aromatic N) is 2. The first-order chi connectivity index (χ1) is 14.0. The SMILES string of the molecule is CC(C)(C)c1ccc2ccc(O)c(-c3c(O)ccc4ccc(C(C)(C)C)nc34)c2n1. The van der Waals surface area contributed by atoms with Crippen molar-refractivity contribution in [1.82, 2.24) is 9.97 Å². The largest absolute Gasteiger partial charge is 0.507 e. The van der Waals surface area contributed by atoms with Crippen LogP contribution >= 0.6 is 0 Å². The number of hydrogen-bond acceptors (Lipinski definition) is 4. The Morgan fingerprint density at radius 1 is 0.533 bits per heavy atom. The molecule has 4 rings (SSSR count). The Bertz CT molecular complexity index is 1180. The molecule has 154 valence electrons. The van der Waals surface area contributed by atoms with Crippen molar-refractivity contribution in [3.05, 3.63) is 59.9 Å². The molecule has 4 heteroatoms. The normalized spacial score (nSPS) is 12.6. The highest BCUT2D eigenvalue weighted by Gasteiger charge is 2.23. The van der Waals surface area contributed by atoms with Crippen molar-refractivity contribution < 1.29 is 10.2 Å². The van der Waals surface area contributed by atoms with Gasteiger partial charge in [-0.1, -0.05) is 53.7 Å². The number of rotatable bonds is 1. The van der Waals surface area contributed by atoms with Crippen LogP contribution in [-0.2, 0) is 10.8 Å². The lowest BCUT2D eigenvalue weighted by Crippen LogP contribution is -2.13. The summed E-state index contributed by atoms with van der Waals surface area (Å²) in [4.78, 5) is 9.81. The Morgan fingerprint density at radius 3 is 1.20 bits per heavy atom. The average Bonchev–Trinajstić information content (AvgIpc) is 2.66. The predicted molar refractivity (Wildman–Crippen MR) is 123 cm³/mol. The van der Waals surface area contributed by atoms with E-state index in [0.717, 1.165) is 22.2 Å². The molecule has 0 aliphatic rings. The molecule has 0 aliphatic carbocycles. The molecule has 0 atom stereocenters. The van der Waals surface area contributed by atoms with Crippen molar-refractivity contribution in [1.29, 1.82) is 0 Å². The van der Waals surface area contributed by atoms with Gasteiger partial charge in [-0.3, -0.25) is 9.97 Å². The second-order valence-electron chi connectivity index (χ2n) is 9.96. The first-order valence-electron chi connectivity index (χ1n) is 10.2. The summed E-state index contributed by atoms with van der Waals surface area (Å²) in [5.74, 6) is 0.152. The Balaban J connectivity index is 2.14. The fourth-order valence-electron chi connectivity index (χ4n) is 3.68. The quantitative estimate of drug-likeness (QED) is 0.385. The second-order valence-corrected chi connectivity index (χ2v) is 9.96. The lowest BCUT2D eigenvalue weighted by atomic mass is 9.89. The lowest BCUT2D eigenvalue weighted by Gasteiger charge is -2.21. The highest BCUT2D eigenvalue weighted by Crippen LogP contribution is 2.44. The highest BCUT2D eigenvalue weighted by atomic mass is 16.3. The molecule has 2 aromatic carbocycles. The third kappa shape index (κ3) is 3.36. The van der Waals surface area contributed by atoms with Gasteiger partial charge in [0, 0.05) is 33.0 Å². The van der Waals surface area contributed by atoms with Crippen molar-refractivity contribution >= 4 is 21.8 Å². The molecule has 4 nitrogen and oxygen atoms in total. The van der Waals surface area contributed by atoms with Gasteiger partial charge in [0.25, 0.3) is 0 Å². The van der Waals surface area contributed by atoms with E-state index in [1.54, 1.807) is 12.1 Å². The summed E-state index contributed by atoms with van der Waals surface area (Å²) in [6, 6.07) is 15.1. The molecular weight excluding hydrogens is 372 g/mol. The van der Waals surface area contributed by atoms with Crippen LogP contribution in [0.15, 0.2) is 48.5 Å². The van der Waals surface area contributed by atoms with Crippen molar-refractivity contribution in [3.63, 3.8) is 0 Å². The number of pyridine rings is 2.